The van der Waals surface area contributed by atoms with E-state index in [0.717, 1.165) is 6.92 Å². The molecule has 0 aromatic carbocycles. The second-order valence-corrected chi connectivity index (χ2v) is 8.09. The lowest BCUT2D eigenvalue weighted by molar-refractivity contribution is -0.237. The van der Waals surface area contributed by atoms with Crippen LogP contribution in [0, 0.1) is 0 Å². The van der Waals surface area contributed by atoms with E-state index in [9.17, 15) is 19.2 Å². The van der Waals surface area contributed by atoms with Crippen molar-refractivity contribution >= 4 is 35.6 Å². The first-order valence-electron chi connectivity index (χ1n) is 10.3. The number of thioether (sulfide) groups is 1. The second kappa shape index (κ2) is 15.8. The van der Waals surface area contributed by atoms with Gasteiger partial charge in [0.2, 0.25) is 0 Å². The fourth-order valence-corrected chi connectivity index (χ4v) is 4.00. The Morgan fingerprint density at radius 2 is 1.30 bits per heavy atom. The van der Waals surface area contributed by atoms with Crippen LogP contribution in [-0.2, 0) is 52.3 Å². The lowest BCUT2D eigenvalue weighted by atomic mass is 9.99. The van der Waals surface area contributed by atoms with Crippen LogP contribution in [0.5, 0.6) is 0 Å². The van der Waals surface area contributed by atoms with E-state index in [1.54, 1.807) is 0 Å². The molecule has 1 heterocycles. The van der Waals surface area contributed by atoms with Crippen LogP contribution in [0.1, 0.15) is 27.7 Å². The third kappa shape index (κ3) is 11.7. The summed E-state index contributed by atoms with van der Waals surface area (Å²) in [6.07, 6.45) is -4.43. The quantitative estimate of drug-likeness (QED) is 0.192. The molecule has 1 rings (SSSR count). The van der Waals surface area contributed by atoms with Gasteiger partial charge in [-0.2, -0.15) is 0 Å². The molecular weight excluding hydrogens is 464 g/mol. The molecule has 190 valence electrons. The molecule has 0 aromatic rings. The topological polar surface area (TPSA) is 153 Å². The van der Waals surface area contributed by atoms with Gasteiger partial charge in [-0.3, -0.25) is 19.2 Å². The van der Waals surface area contributed by atoms with Gasteiger partial charge in [-0.1, -0.05) is 0 Å². The summed E-state index contributed by atoms with van der Waals surface area (Å²) in [7, 11) is 0. The van der Waals surface area contributed by atoms with Gasteiger partial charge in [0.1, 0.15) is 18.1 Å². The van der Waals surface area contributed by atoms with Crippen molar-refractivity contribution < 1.29 is 57.4 Å². The predicted molar refractivity (Wildman–Crippen MR) is 113 cm³/mol. The number of ether oxygens (including phenoxy) is 7. The summed E-state index contributed by atoms with van der Waals surface area (Å²) in [5.74, 6) is -2.18. The molecule has 12 nitrogen and oxygen atoms in total. The van der Waals surface area contributed by atoms with Crippen LogP contribution < -0.4 is 0 Å². The van der Waals surface area contributed by atoms with Gasteiger partial charge in [0.05, 0.1) is 33.0 Å². The van der Waals surface area contributed by atoms with Gasteiger partial charge < -0.3 is 38.3 Å². The highest BCUT2D eigenvalue weighted by Gasteiger charge is 2.52. The van der Waals surface area contributed by atoms with Crippen molar-refractivity contribution in [1.82, 2.24) is 0 Å². The molecule has 1 saturated heterocycles. The van der Waals surface area contributed by atoms with Gasteiger partial charge >= 0.3 is 23.9 Å². The molecule has 0 unspecified atom stereocenters. The Morgan fingerprint density at radius 3 is 1.85 bits per heavy atom. The standard InChI is InChI=1S/C20H32O12S/c1-12(22)28-11-16-17(29-13(2)23)18(30-14(3)24)19(31-15(4)25)20(32-16)33-10-9-27-8-7-26-6-5-21/h16-21H,5-11H2,1-4H3/t16-,17+,18+,19-,20+/m1/s1. The van der Waals surface area contributed by atoms with Gasteiger partial charge in [0, 0.05) is 33.4 Å². The lowest BCUT2D eigenvalue weighted by Gasteiger charge is -2.44. The molecule has 13 heteroatoms. The highest BCUT2D eigenvalue weighted by molar-refractivity contribution is 7.99. The van der Waals surface area contributed by atoms with Crippen molar-refractivity contribution in [2.75, 3.05) is 45.4 Å². The number of carbonyl (C=O) groups is 4. The Bertz CT molecular complexity index is 643. The SMILES string of the molecule is CC(=O)OC[C@H]1O[C@@H](SCCOCCOCCO)[C@H](OC(C)=O)[C@@H](OC(C)=O)[C@H]1OC(C)=O. The van der Waals surface area contributed by atoms with Gasteiger partial charge in [0.15, 0.2) is 18.3 Å². The van der Waals surface area contributed by atoms with E-state index in [4.69, 9.17) is 38.3 Å². The van der Waals surface area contributed by atoms with Crippen LogP contribution in [0.15, 0.2) is 0 Å². The molecule has 0 aliphatic carbocycles. The van der Waals surface area contributed by atoms with Crippen molar-refractivity contribution in [1.29, 1.82) is 0 Å². The summed E-state index contributed by atoms with van der Waals surface area (Å²) in [6, 6.07) is 0. The number of esters is 4. The van der Waals surface area contributed by atoms with Gasteiger partial charge in [0.25, 0.3) is 0 Å². The summed E-state index contributed by atoms with van der Waals surface area (Å²) in [5, 5.41) is 8.67. The minimum atomic E-state index is -1.19. The van der Waals surface area contributed by atoms with Crippen molar-refractivity contribution in [3.05, 3.63) is 0 Å². The molecule has 0 aromatic heterocycles. The van der Waals surface area contributed by atoms with E-state index >= 15 is 0 Å². The molecule has 1 aliphatic heterocycles. The zero-order valence-corrected chi connectivity index (χ0v) is 20.0. The number of carbonyl (C=O) groups excluding carboxylic acids is 4. The highest BCUT2D eigenvalue weighted by Crippen LogP contribution is 2.34. The van der Waals surface area contributed by atoms with Crippen molar-refractivity contribution in [2.24, 2.45) is 0 Å². The summed E-state index contributed by atoms with van der Waals surface area (Å²) in [5.41, 5.74) is -0.833. The van der Waals surface area contributed by atoms with E-state index in [1.807, 2.05) is 0 Å². The van der Waals surface area contributed by atoms with E-state index in [2.05, 4.69) is 0 Å². The highest BCUT2D eigenvalue weighted by atomic mass is 32.2. The number of aliphatic hydroxyl groups is 1. The van der Waals surface area contributed by atoms with Crippen LogP contribution in [0.4, 0.5) is 0 Å². The van der Waals surface area contributed by atoms with Crippen LogP contribution in [0.2, 0.25) is 0 Å². The first kappa shape index (κ1) is 29.1. The zero-order valence-electron chi connectivity index (χ0n) is 19.2. The first-order valence-corrected chi connectivity index (χ1v) is 11.4. The average Bonchev–Trinajstić information content (AvgIpc) is 2.71. The maximum atomic E-state index is 11.8. The average molecular weight is 497 g/mol. The molecule has 0 saturated carbocycles. The Kier molecular flexibility index (Phi) is 14.0. The number of aliphatic hydroxyl groups excluding tert-OH is 1. The Hall–Kier alpha value is -1.93. The van der Waals surface area contributed by atoms with Crippen molar-refractivity contribution in [3.8, 4) is 0 Å². The van der Waals surface area contributed by atoms with E-state index in [0.29, 0.717) is 25.6 Å². The first-order chi connectivity index (χ1) is 15.6. The molecule has 0 amide bonds. The monoisotopic (exact) mass is 496 g/mol. The van der Waals surface area contributed by atoms with E-state index < -0.39 is 53.7 Å². The van der Waals surface area contributed by atoms with Crippen LogP contribution in [0.3, 0.4) is 0 Å². The van der Waals surface area contributed by atoms with Gasteiger partial charge in [-0.25, -0.2) is 0 Å². The van der Waals surface area contributed by atoms with Crippen LogP contribution >= 0.6 is 11.8 Å². The summed E-state index contributed by atoms with van der Waals surface area (Å²) in [4.78, 5) is 46.5. The Labute approximate surface area is 196 Å². The third-order valence-corrected chi connectivity index (χ3v) is 5.18. The maximum absolute atomic E-state index is 11.8. The molecule has 1 N–H and O–H groups in total. The second-order valence-electron chi connectivity index (χ2n) is 6.89. The number of hydrogen-bond acceptors (Lipinski definition) is 13. The molecule has 5 atom stereocenters. The molecule has 0 spiro atoms. The number of hydrogen-bond donors (Lipinski definition) is 1. The third-order valence-electron chi connectivity index (χ3n) is 4.07. The molecule has 0 radical (unpaired) electrons. The van der Waals surface area contributed by atoms with E-state index in [-0.39, 0.29) is 19.8 Å². The smallest absolute Gasteiger partial charge is 0.303 e. The minimum Gasteiger partial charge on any atom is -0.463 e. The fourth-order valence-electron chi connectivity index (χ4n) is 2.93. The Morgan fingerprint density at radius 1 is 0.758 bits per heavy atom. The Balaban J connectivity index is 2.95. The van der Waals surface area contributed by atoms with Gasteiger partial charge in [-0.15, -0.1) is 11.8 Å². The summed E-state index contributed by atoms with van der Waals surface area (Å²) < 4.78 is 37.6. The largest absolute Gasteiger partial charge is 0.463 e. The molecular formula is C20H32O12S. The van der Waals surface area contributed by atoms with Crippen LogP contribution in [-0.4, -0.2) is 104 Å². The zero-order chi connectivity index (χ0) is 24.8. The summed E-state index contributed by atoms with van der Waals surface area (Å²) >= 11 is 1.23. The molecule has 1 aliphatic rings. The molecule has 1 fully saturated rings. The van der Waals surface area contributed by atoms with Crippen LogP contribution in [0.25, 0.3) is 0 Å². The summed E-state index contributed by atoms with van der Waals surface area (Å²) in [6.45, 7) is 5.56. The molecule has 0 bridgehead atoms. The minimum absolute atomic E-state index is 0.0707. The maximum Gasteiger partial charge on any atom is 0.303 e. The van der Waals surface area contributed by atoms with Crippen molar-refractivity contribution in [2.45, 2.75) is 57.5 Å². The normalized spacial score (nSPS) is 24.6. The van der Waals surface area contributed by atoms with Crippen molar-refractivity contribution in [3.63, 3.8) is 0 Å². The fraction of sp³-hybridized carbons (Fsp3) is 0.800. The van der Waals surface area contributed by atoms with Gasteiger partial charge in [-0.05, 0) is 0 Å². The lowest BCUT2D eigenvalue weighted by Crippen LogP contribution is -2.61. The number of rotatable bonds is 14. The molecule has 33 heavy (non-hydrogen) atoms. The van der Waals surface area contributed by atoms with E-state index in [1.165, 1.54) is 32.5 Å². The predicted octanol–water partition coefficient (Wildman–Crippen LogP) is -0.172.